The van der Waals surface area contributed by atoms with Gasteiger partial charge in [-0.15, -0.1) is 5.54 Å². The first-order chi connectivity index (χ1) is 16.3. The monoisotopic (exact) mass is 468 g/mol. The molecule has 1 aliphatic carbocycles. The standard InChI is InChI=1S/C33H44Si/c1-26(2)34(27(3)4,28(5)6)23-22-32(30-18-12-8-13-19-30)25-33(31-20-14-9-15-21-31)24-29-16-10-7-11-17-29/h7,9-11,14-17,20-21,24-28,30H,8,12-13,18-19H2,1-6H3/b32-25+,33-24-. The van der Waals surface area contributed by atoms with Gasteiger partial charge in [-0.1, -0.05) is 127 Å². The van der Waals surface area contributed by atoms with E-state index >= 15 is 0 Å². The van der Waals surface area contributed by atoms with Crippen molar-refractivity contribution in [3.05, 3.63) is 83.4 Å². The summed E-state index contributed by atoms with van der Waals surface area (Å²) in [5.41, 5.74) is 11.1. The molecule has 0 unspecified atom stereocenters. The average molecular weight is 469 g/mol. The van der Waals surface area contributed by atoms with E-state index < -0.39 is 8.07 Å². The van der Waals surface area contributed by atoms with Gasteiger partial charge in [0.25, 0.3) is 0 Å². The van der Waals surface area contributed by atoms with Gasteiger partial charge in [-0.2, -0.15) is 0 Å². The van der Waals surface area contributed by atoms with Crippen LogP contribution in [-0.4, -0.2) is 8.07 Å². The van der Waals surface area contributed by atoms with Crippen LogP contribution in [0.1, 0.15) is 84.8 Å². The third-order valence-corrected chi connectivity index (χ3v) is 14.2. The second kappa shape index (κ2) is 12.4. The molecule has 0 radical (unpaired) electrons. The van der Waals surface area contributed by atoms with Crippen LogP contribution in [0.15, 0.2) is 72.3 Å². The van der Waals surface area contributed by atoms with Gasteiger partial charge in [0.2, 0.25) is 0 Å². The highest BCUT2D eigenvalue weighted by molar-refractivity contribution is 6.90. The highest BCUT2D eigenvalue weighted by atomic mass is 28.3. The second-order valence-electron chi connectivity index (χ2n) is 11.0. The van der Waals surface area contributed by atoms with Gasteiger partial charge < -0.3 is 0 Å². The number of allylic oxidation sites excluding steroid dienone is 3. The van der Waals surface area contributed by atoms with E-state index in [2.05, 4.69) is 126 Å². The molecule has 0 nitrogen and oxygen atoms in total. The van der Waals surface area contributed by atoms with Crippen LogP contribution in [0, 0.1) is 17.4 Å². The molecule has 1 fully saturated rings. The summed E-state index contributed by atoms with van der Waals surface area (Å²) >= 11 is 0. The number of rotatable bonds is 7. The Labute approximate surface area is 210 Å². The van der Waals surface area contributed by atoms with Crippen molar-refractivity contribution in [1.29, 1.82) is 0 Å². The molecule has 0 aliphatic heterocycles. The number of hydrogen-bond donors (Lipinski definition) is 0. The van der Waals surface area contributed by atoms with Crippen LogP contribution in [0.4, 0.5) is 0 Å². The Morgan fingerprint density at radius 3 is 1.82 bits per heavy atom. The largest absolute Gasteiger partial charge is 0.146 e. The van der Waals surface area contributed by atoms with Crippen molar-refractivity contribution < 1.29 is 0 Å². The van der Waals surface area contributed by atoms with Crippen LogP contribution in [-0.2, 0) is 0 Å². The Kier molecular flexibility index (Phi) is 9.60. The fourth-order valence-electron chi connectivity index (χ4n) is 6.02. The Balaban J connectivity index is 2.16. The Bertz CT molecular complexity index is 985. The van der Waals surface area contributed by atoms with Gasteiger partial charge in [0.1, 0.15) is 8.07 Å². The summed E-state index contributed by atoms with van der Waals surface area (Å²) in [5.74, 6) is 4.48. The van der Waals surface area contributed by atoms with Crippen LogP contribution in [0.25, 0.3) is 11.6 Å². The molecule has 0 spiro atoms. The smallest absolute Gasteiger partial charge is 0.125 e. The van der Waals surface area contributed by atoms with E-state index in [0.29, 0.717) is 22.5 Å². The van der Waals surface area contributed by atoms with Crippen LogP contribution in [0.5, 0.6) is 0 Å². The van der Waals surface area contributed by atoms with Gasteiger partial charge in [-0.25, -0.2) is 0 Å². The van der Waals surface area contributed by atoms with Crippen LogP contribution >= 0.6 is 0 Å². The van der Waals surface area contributed by atoms with Gasteiger partial charge in [0.05, 0.1) is 0 Å². The van der Waals surface area contributed by atoms with Crippen molar-refractivity contribution in [2.24, 2.45) is 5.92 Å². The van der Waals surface area contributed by atoms with Crippen molar-refractivity contribution in [3.63, 3.8) is 0 Å². The molecule has 1 saturated carbocycles. The lowest BCUT2D eigenvalue weighted by atomic mass is 9.83. The first-order valence-corrected chi connectivity index (χ1v) is 15.6. The maximum absolute atomic E-state index is 4.04. The minimum atomic E-state index is -1.78. The molecule has 0 heterocycles. The minimum Gasteiger partial charge on any atom is -0.125 e. The lowest BCUT2D eigenvalue weighted by Crippen LogP contribution is -2.43. The van der Waals surface area contributed by atoms with Crippen LogP contribution in [0.3, 0.4) is 0 Å². The zero-order valence-electron chi connectivity index (χ0n) is 22.3. The summed E-state index contributed by atoms with van der Waals surface area (Å²) in [4.78, 5) is 0. The average Bonchev–Trinajstić information content (AvgIpc) is 2.84. The van der Waals surface area contributed by atoms with Gasteiger partial charge in [0, 0.05) is 5.57 Å². The molecule has 0 aromatic heterocycles. The van der Waals surface area contributed by atoms with Crippen molar-refractivity contribution in [3.8, 4) is 11.5 Å². The van der Waals surface area contributed by atoms with E-state index in [1.54, 1.807) is 0 Å². The molecule has 1 heteroatoms. The third-order valence-electron chi connectivity index (χ3n) is 7.87. The number of hydrogen-bond acceptors (Lipinski definition) is 0. The molecule has 0 bridgehead atoms. The fraction of sp³-hybridized carbons (Fsp3) is 0.455. The Morgan fingerprint density at radius 2 is 1.29 bits per heavy atom. The molecular formula is C33H44Si. The van der Waals surface area contributed by atoms with Crippen LogP contribution in [0.2, 0.25) is 16.6 Å². The quantitative estimate of drug-likeness (QED) is 0.164. The number of benzene rings is 2. The lowest BCUT2D eigenvalue weighted by molar-refractivity contribution is 0.410. The molecule has 2 aromatic rings. The van der Waals surface area contributed by atoms with Crippen molar-refractivity contribution in [2.45, 2.75) is 90.3 Å². The van der Waals surface area contributed by atoms with Crippen molar-refractivity contribution in [1.82, 2.24) is 0 Å². The molecule has 34 heavy (non-hydrogen) atoms. The van der Waals surface area contributed by atoms with E-state index in [4.69, 9.17) is 0 Å². The lowest BCUT2D eigenvalue weighted by Gasteiger charge is -2.38. The van der Waals surface area contributed by atoms with E-state index in [0.717, 1.165) is 0 Å². The van der Waals surface area contributed by atoms with Gasteiger partial charge >= 0.3 is 0 Å². The molecule has 0 saturated heterocycles. The summed E-state index contributed by atoms with van der Waals surface area (Å²) in [5, 5.41) is 0. The summed E-state index contributed by atoms with van der Waals surface area (Å²) in [6.07, 6.45) is 11.3. The molecule has 3 rings (SSSR count). The Hall–Kier alpha value is -2.30. The maximum Gasteiger partial charge on any atom is 0.146 e. The molecule has 0 amide bonds. The van der Waals surface area contributed by atoms with E-state index in [-0.39, 0.29) is 0 Å². The predicted octanol–water partition coefficient (Wildman–Crippen LogP) is 9.96. The van der Waals surface area contributed by atoms with E-state index in [1.807, 2.05) is 0 Å². The van der Waals surface area contributed by atoms with E-state index in [9.17, 15) is 0 Å². The van der Waals surface area contributed by atoms with Gasteiger partial charge in [-0.3, -0.25) is 0 Å². The summed E-state index contributed by atoms with van der Waals surface area (Å²) < 4.78 is 0. The highest BCUT2D eigenvalue weighted by Crippen LogP contribution is 2.41. The zero-order valence-corrected chi connectivity index (χ0v) is 23.3. The summed E-state index contributed by atoms with van der Waals surface area (Å²) in [6, 6.07) is 21.5. The third kappa shape index (κ3) is 6.42. The van der Waals surface area contributed by atoms with Gasteiger partial charge in [0.15, 0.2) is 0 Å². The van der Waals surface area contributed by atoms with E-state index in [1.165, 1.54) is 54.4 Å². The second-order valence-corrected chi connectivity index (χ2v) is 16.5. The Morgan fingerprint density at radius 1 is 0.765 bits per heavy atom. The topological polar surface area (TPSA) is 0 Å². The van der Waals surface area contributed by atoms with Gasteiger partial charge in [-0.05, 0) is 64.2 Å². The molecule has 0 atom stereocenters. The molecule has 2 aromatic carbocycles. The fourth-order valence-corrected chi connectivity index (χ4v) is 11.2. The summed E-state index contributed by atoms with van der Waals surface area (Å²) in [7, 11) is -1.78. The minimum absolute atomic E-state index is 0.585. The predicted molar refractivity (Wildman–Crippen MR) is 154 cm³/mol. The van der Waals surface area contributed by atoms with Crippen molar-refractivity contribution in [2.75, 3.05) is 0 Å². The van der Waals surface area contributed by atoms with Crippen molar-refractivity contribution >= 4 is 19.7 Å². The molecule has 0 N–H and O–H groups in total. The SMILES string of the molecule is CC(C)[Si](C#C/C(=C\C(=C\c1ccccc1)c1ccccc1)C1CCCCC1)(C(C)C)C(C)C. The normalized spacial score (nSPS) is 16.1. The maximum atomic E-state index is 4.04. The van der Waals surface area contributed by atoms with Crippen LogP contribution < -0.4 is 0 Å². The highest BCUT2D eigenvalue weighted by Gasteiger charge is 2.41. The molecule has 1 aliphatic rings. The first kappa shape index (κ1) is 26.3. The first-order valence-electron chi connectivity index (χ1n) is 13.4. The molecular weight excluding hydrogens is 424 g/mol. The molecule has 180 valence electrons. The zero-order chi connectivity index (χ0) is 24.6. The summed E-state index contributed by atoms with van der Waals surface area (Å²) in [6.45, 7) is 14.5.